The SMILES string of the molecule is CC.CCCC.CCCC(C)C(Cc1ccc(OC)cc1CCNC(=O)N1CCS(=O)(=O)CC1)c1ccc(C(=O)NS(=O)(=O)N(C)C)cc1N(C)CC. The fourth-order valence-corrected chi connectivity index (χ4v) is 7.51. The maximum Gasteiger partial charge on any atom is 0.317 e. The summed E-state index contributed by atoms with van der Waals surface area (Å²) < 4.78 is 56.9. The van der Waals surface area contributed by atoms with Crippen molar-refractivity contribution in [1.82, 2.24) is 19.2 Å². The average molecular weight is 782 g/mol. The number of ether oxygens (including phenoxy) is 1. The van der Waals surface area contributed by atoms with Gasteiger partial charge in [0.05, 0.1) is 18.6 Å². The van der Waals surface area contributed by atoms with Crippen LogP contribution in [-0.2, 0) is 32.9 Å². The van der Waals surface area contributed by atoms with Crippen molar-refractivity contribution in [3.63, 3.8) is 0 Å². The van der Waals surface area contributed by atoms with Crippen LogP contribution < -0.4 is 19.7 Å². The summed E-state index contributed by atoms with van der Waals surface area (Å²) >= 11 is 0. The van der Waals surface area contributed by atoms with Crippen molar-refractivity contribution >= 4 is 37.7 Å². The fraction of sp³-hybridized carbons (Fsp3) is 0.641. The third-order valence-electron chi connectivity index (χ3n) is 9.37. The molecule has 302 valence electrons. The van der Waals surface area contributed by atoms with Gasteiger partial charge in [-0.05, 0) is 72.6 Å². The topological polar surface area (TPSA) is 145 Å². The molecule has 0 radical (unpaired) electrons. The zero-order valence-electron chi connectivity index (χ0n) is 34.1. The second-order valence-electron chi connectivity index (χ2n) is 13.3. The number of amides is 3. The van der Waals surface area contributed by atoms with Gasteiger partial charge in [0.1, 0.15) is 5.75 Å². The number of hydrogen-bond acceptors (Lipinski definition) is 8. The van der Waals surface area contributed by atoms with Gasteiger partial charge in [0.2, 0.25) is 0 Å². The first-order valence-electron chi connectivity index (χ1n) is 19.0. The van der Waals surface area contributed by atoms with Gasteiger partial charge in [-0.2, -0.15) is 12.7 Å². The molecule has 2 unspecified atom stereocenters. The summed E-state index contributed by atoms with van der Waals surface area (Å²) in [5, 5.41) is 2.95. The van der Waals surface area contributed by atoms with Crippen molar-refractivity contribution in [1.29, 1.82) is 0 Å². The first kappa shape index (κ1) is 47.7. The summed E-state index contributed by atoms with van der Waals surface area (Å²) in [4.78, 5) is 29.4. The Morgan fingerprint density at radius 3 is 2.08 bits per heavy atom. The van der Waals surface area contributed by atoms with Crippen LogP contribution in [0.2, 0.25) is 0 Å². The third kappa shape index (κ3) is 15.1. The molecule has 1 aliphatic rings. The Hall–Kier alpha value is -3.36. The van der Waals surface area contributed by atoms with Crippen molar-refractivity contribution in [3.05, 3.63) is 58.7 Å². The molecule has 2 aromatic rings. The number of unbranched alkanes of at least 4 members (excludes halogenated alkanes) is 1. The van der Waals surface area contributed by atoms with Crippen LogP contribution in [0, 0.1) is 5.92 Å². The van der Waals surface area contributed by atoms with Gasteiger partial charge in [-0.1, -0.05) is 79.4 Å². The van der Waals surface area contributed by atoms with E-state index in [0.29, 0.717) is 31.7 Å². The maximum absolute atomic E-state index is 13.0. The van der Waals surface area contributed by atoms with Crippen molar-refractivity contribution in [2.24, 2.45) is 5.92 Å². The highest BCUT2D eigenvalue weighted by molar-refractivity contribution is 7.91. The highest BCUT2D eigenvalue weighted by atomic mass is 32.2. The average Bonchev–Trinajstić information content (AvgIpc) is 3.14. The van der Waals surface area contributed by atoms with Crippen LogP contribution in [0.4, 0.5) is 10.5 Å². The van der Waals surface area contributed by atoms with E-state index in [1.807, 2.05) is 46.0 Å². The number of hydrogen-bond donors (Lipinski definition) is 2. The first-order valence-corrected chi connectivity index (χ1v) is 22.3. The van der Waals surface area contributed by atoms with E-state index in [2.05, 4.69) is 48.7 Å². The van der Waals surface area contributed by atoms with Gasteiger partial charge in [0, 0.05) is 58.6 Å². The molecular formula is C39H67N5O7S2. The molecule has 2 atom stereocenters. The second-order valence-corrected chi connectivity index (χ2v) is 17.5. The van der Waals surface area contributed by atoms with Gasteiger partial charge in [-0.3, -0.25) is 4.79 Å². The quantitative estimate of drug-likeness (QED) is 0.203. The molecule has 0 saturated carbocycles. The molecule has 14 heteroatoms. The number of benzene rings is 2. The summed E-state index contributed by atoms with van der Waals surface area (Å²) in [6.45, 7) is 16.2. The molecule has 1 aliphatic heterocycles. The van der Waals surface area contributed by atoms with E-state index in [1.54, 1.807) is 24.1 Å². The molecule has 0 aromatic heterocycles. The zero-order chi connectivity index (χ0) is 40.4. The van der Waals surface area contributed by atoms with Gasteiger partial charge in [-0.15, -0.1) is 0 Å². The summed E-state index contributed by atoms with van der Waals surface area (Å²) in [5.74, 6) is 0.326. The monoisotopic (exact) mass is 781 g/mol. The minimum absolute atomic E-state index is 0.0200. The van der Waals surface area contributed by atoms with Crippen LogP contribution in [-0.4, -0.2) is 104 Å². The lowest BCUT2D eigenvalue weighted by Crippen LogP contribution is -2.48. The minimum atomic E-state index is -3.95. The van der Waals surface area contributed by atoms with Gasteiger partial charge >= 0.3 is 16.2 Å². The number of urea groups is 1. The van der Waals surface area contributed by atoms with Crippen molar-refractivity contribution in [2.75, 3.05) is 70.8 Å². The molecule has 1 saturated heterocycles. The Labute approximate surface area is 321 Å². The van der Waals surface area contributed by atoms with Crippen LogP contribution in [0.5, 0.6) is 5.75 Å². The van der Waals surface area contributed by atoms with Gasteiger partial charge in [0.25, 0.3) is 5.91 Å². The highest BCUT2D eigenvalue weighted by Crippen LogP contribution is 2.38. The molecule has 2 N–H and O–H groups in total. The molecule has 1 heterocycles. The third-order valence-corrected chi connectivity index (χ3v) is 12.4. The number of nitrogens with zero attached hydrogens (tertiary/aromatic N) is 3. The summed E-state index contributed by atoms with van der Waals surface area (Å²) in [7, 11) is -0.741. The molecule has 2 aromatic carbocycles. The standard InChI is InChI=1S/C33H51N5O7S2.C4H10.C2H6/c1-8-10-24(3)30(29-14-12-27(23-31(29)37(6)9-2)32(39)35-47(43,44)36(4)5)22-25-11-13-28(45-7)21-26(25)15-16-34-33(40)38-17-19-46(41,42)20-18-38;1-3-4-2;1-2/h11-14,21,23-24,30H,8-10,15-20,22H2,1-7H3,(H,34,40)(H,35,39);3-4H2,1-2H3;1-2H3. The molecule has 53 heavy (non-hydrogen) atoms. The van der Waals surface area contributed by atoms with Crippen LogP contribution in [0.3, 0.4) is 0 Å². The smallest absolute Gasteiger partial charge is 0.317 e. The van der Waals surface area contributed by atoms with E-state index in [-0.39, 0.29) is 48.0 Å². The number of nitrogens with one attached hydrogen (secondary N) is 2. The van der Waals surface area contributed by atoms with Crippen LogP contribution in [0.15, 0.2) is 36.4 Å². The zero-order valence-corrected chi connectivity index (χ0v) is 35.8. The number of sulfone groups is 1. The lowest BCUT2D eigenvalue weighted by Gasteiger charge is -2.31. The number of carbonyl (C=O) groups is 2. The minimum Gasteiger partial charge on any atom is -0.497 e. The molecule has 0 spiro atoms. The number of anilines is 1. The normalized spacial score (nSPS) is 14.8. The van der Waals surface area contributed by atoms with Crippen LogP contribution >= 0.6 is 0 Å². The Bertz CT molecular complexity index is 1630. The Kier molecular flexibility index (Phi) is 21.1. The predicted octanol–water partition coefficient (Wildman–Crippen LogP) is 6.27. The molecule has 1 fully saturated rings. The maximum atomic E-state index is 13.0. The highest BCUT2D eigenvalue weighted by Gasteiger charge is 2.27. The fourth-order valence-electron chi connectivity index (χ4n) is 5.77. The van der Waals surface area contributed by atoms with E-state index in [1.165, 1.54) is 26.9 Å². The van der Waals surface area contributed by atoms with Crippen molar-refractivity contribution in [2.45, 2.75) is 92.9 Å². The Morgan fingerprint density at radius 1 is 0.925 bits per heavy atom. The first-order chi connectivity index (χ1) is 25.0. The number of carbonyl (C=O) groups excluding carboxylic acids is 2. The lowest BCUT2D eigenvalue weighted by molar-refractivity contribution is 0.0979. The van der Waals surface area contributed by atoms with Gasteiger partial charge < -0.3 is 19.9 Å². The van der Waals surface area contributed by atoms with E-state index < -0.39 is 26.0 Å². The summed E-state index contributed by atoms with van der Waals surface area (Å²) in [6, 6.07) is 11.1. The molecular weight excluding hydrogens is 715 g/mol. The Balaban J connectivity index is 0.00000219. The Morgan fingerprint density at radius 2 is 1.55 bits per heavy atom. The summed E-state index contributed by atoms with van der Waals surface area (Å²) in [6.07, 6.45) is 5.87. The number of rotatable bonds is 16. The van der Waals surface area contributed by atoms with Gasteiger partial charge in [-0.25, -0.2) is 17.9 Å². The molecule has 0 bridgehead atoms. The molecule has 0 aliphatic carbocycles. The van der Waals surface area contributed by atoms with E-state index in [9.17, 15) is 26.4 Å². The van der Waals surface area contributed by atoms with E-state index >= 15 is 0 Å². The number of methoxy groups -OCH3 is 1. The second kappa shape index (κ2) is 23.4. The molecule has 12 nitrogen and oxygen atoms in total. The lowest BCUT2D eigenvalue weighted by atomic mass is 9.78. The van der Waals surface area contributed by atoms with Crippen LogP contribution in [0.25, 0.3) is 0 Å². The molecule has 3 amide bonds. The van der Waals surface area contributed by atoms with Gasteiger partial charge in [0.15, 0.2) is 9.84 Å². The van der Waals surface area contributed by atoms with Crippen LogP contribution in [0.1, 0.15) is 107 Å². The predicted molar refractivity (Wildman–Crippen MR) is 218 cm³/mol. The van der Waals surface area contributed by atoms with E-state index in [0.717, 1.165) is 39.5 Å². The molecule has 3 rings (SSSR count). The largest absolute Gasteiger partial charge is 0.497 e. The summed E-state index contributed by atoms with van der Waals surface area (Å²) in [5.41, 5.74) is 4.33. The van der Waals surface area contributed by atoms with E-state index in [4.69, 9.17) is 4.74 Å². The van der Waals surface area contributed by atoms with Crippen molar-refractivity contribution in [3.8, 4) is 5.75 Å². The van der Waals surface area contributed by atoms with Crippen molar-refractivity contribution < 1.29 is 31.2 Å².